The zero-order valence-corrected chi connectivity index (χ0v) is 47.7. The molecule has 0 atom stereocenters. The Morgan fingerprint density at radius 2 is 0.486 bits per heavy atom. The van der Waals surface area contributed by atoms with Crippen LogP contribution in [-0.4, -0.2) is 36.4 Å². The number of nitrogens with one attached hydrogen (secondary N) is 2. The van der Waals surface area contributed by atoms with Crippen LogP contribution >= 0.6 is 24.4 Å². The normalized spacial score (nSPS) is 11.2. The zero-order valence-electron chi connectivity index (χ0n) is 46.0. The molecular formula is C62H108N2O4S2. The molecule has 0 radical (unpaired) electrons. The number of thiocarbonyl (C=S) groups is 2. The van der Waals surface area contributed by atoms with Crippen molar-refractivity contribution in [2.45, 2.75) is 285 Å². The van der Waals surface area contributed by atoms with Crippen molar-refractivity contribution < 1.29 is 18.9 Å². The number of anilines is 2. The van der Waals surface area contributed by atoms with E-state index in [1.165, 1.54) is 231 Å². The van der Waals surface area contributed by atoms with Crippen molar-refractivity contribution in [2.75, 3.05) is 37.1 Å². The Morgan fingerprint density at radius 1 is 0.286 bits per heavy atom. The minimum absolute atomic E-state index is 0.448. The molecule has 0 aliphatic heterocycles. The van der Waals surface area contributed by atoms with E-state index < -0.39 is 0 Å². The third kappa shape index (κ3) is 35.5. The minimum atomic E-state index is 0.448. The first-order valence-corrected chi connectivity index (χ1v) is 30.8. The standard InChI is InChI=1S/C62H108N2O4S2/c1-5-9-13-17-21-25-29-33-37-41-49-65-57-47-45-55(53-59(57)67-51-43-39-35-31-27-23-19-15-11-7-3)63-61(69)62(70)64-56-46-48-58(66-50-42-38-34-30-26-22-18-14-10-6-2)60(54-56)68-52-44-40-36-32-28-24-20-16-12-8-4/h45-48,53-54H,5-44,49-52H2,1-4H3,(H,63,69)(H,64,70). The van der Waals surface area contributed by atoms with Crippen LogP contribution in [0.3, 0.4) is 0 Å². The quantitative estimate of drug-likeness (QED) is 0.0502. The summed E-state index contributed by atoms with van der Waals surface area (Å²) in [4.78, 5) is 0.896. The van der Waals surface area contributed by atoms with E-state index in [1.807, 2.05) is 36.4 Å². The zero-order chi connectivity index (χ0) is 50.2. The van der Waals surface area contributed by atoms with Crippen molar-refractivity contribution in [3.8, 4) is 23.0 Å². The lowest BCUT2D eigenvalue weighted by atomic mass is 10.1. The van der Waals surface area contributed by atoms with Crippen molar-refractivity contribution in [3.63, 3.8) is 0 Å². The van der Waals surface area contributed by atoms with Gasteiger partial charge in [-0.1, -0.05) is 283 Å². The Labute approximate surface area is 443 Å². The fourth-order valence-corrected chi connectivity index (χ4v) is 9.44. The average Bonchev–Trinajstić information content (AvgIpc) is 3.36. The second-order valence-corrected chi connectivity index (χ2v) is 21.2. The lowest BCUT2D eigenvalue weighted by Gasteiger charge is -2.17. The molecule has 2 aromatic rings. The summed E-state index contributed by atoms with van der Waals surface area (Å²) in [6.07, 6.45) is 52.0. The molecule has 8 heteroatoms. The number of ether oxygens (including phenoxy) is 4. The summed E-state index contributed by atoms with van der Waals surface area (Å²) in [6.45, 7) is 11.9. The molecular weight excluding hydrogens is 901 g/mol. The van der Waals surface area contributed by atoms with Gasteiger partial charge in [0.05, 0.1) is 26.4 Å². The SMILES string of the molecule is CCCCCCCCCCCCOc1ccc(NC(=S)C(=S)Nc2ccc(OCCCCCCCCCCCC)c(OCCCCCCCCCCCC)c2)cc1OCCCCCCCCCCCC. The number of unbranched alkanes of at least 4 members (excludes halogenated alkanes) is 36. The second-order valence-electron chi connectivity index (χ2n) is 20.4. The van der Waals surface area contributed by atoms with Crippen molar-refractivity contribution >= 4 is 45.8 Å². The molecule has 0 saturated carbocycles. The van der Waals surface area contributed by atoms with E-state index in [-0.39, 0.29) is 0 Å². The fourth-order valence-electron chi connectivity index (χ4n) is 9.10. The van der Waals surface area contributed by atoms with E-state index in [4.69, 9.17) is 43.4 Å². The predicted molar refractivity (Wildman–Crippen MR) is 315 cm³/mol. The van der Waals surface area contributed by atoms with Crippen molar-refractivity contribution in [1.82, 2.24) is 0 Å². The Kier molecular flexibility index (Phi) is 43.0. The maximum Gasteiger partial charge on any atom is 0.163 e. The van der Waals surface area contributed by atoms with Crippen LogP contribution in [0, 0.1) is 0 Å². The molecule has 0 aromatic heterocycles. The van der Waals surface area contributed by atoms with E-state index in [0.29, 0.717) is 36.4 Å². The largest absolute Gasteiger partial charge is 0.490 e. The third-order valence-corrected chi connectivity index (χ3v) is 14.4. The molecule has 0 aliphatic carbocycles. The molecule has 2 aromatic carbocycles. The van der Waals surface area contributed by atoms with Gasteiger partial charge in [-0.3, -0.25) is 0 Å². The molecule has 0 amide bonds. The van der Waals surface area contributed by atoms with Gasteiger partial charge < -0.3 is 29.6 Å². The first kappa shape index (κ1) is 63.5. The van der Waals surface area contributed by atoms with Crippen LogP contribution < -0.4 is 29.6 Å². The molecule has 0 unspecified atom stereocenters. The van der Waals surface area contributed by atoms with Gasteiger partial charge in [0, 0.05) is 23.5 Å². The molecule has 70 heavy (non-hydrogen) atoms. The van der Waals surface area contributed by atoms with Gasteiger partial charge >= 0.3 is 0 Å². The maximum atomic E-state index is 6.43. The number of rotatable bonds is 50. The number of hydrogen-bond acceptors (Lipinski definition) is 6. The number of hydrogen-bond donors (Lipinski definition) is 2. The van der Waals surface area contributed by atoms with Crippen LogP contribution in [0.2, 0.25) is 0 Å². The van der Waals surface area contributed by atoms with Crippen LogP contribution in [-0.2, 0) is 0 Å². The van der Waals surface area contributed by atoms with Gasteiger partial charge in [0.15, 0.2) is 23.0 Å². The molecule has 0 spiro atoms. The highest BCUT2D eigenvalue weighted by Crippen LogP contribution is 2.33. The summed E-state index contributed by atoms with van der Waals surface area (Å²) >= 11 is 11.8. The van der Waals surface area contributed by atoms with Crippen molar-refractivity contribution in [3.05, 3.63) is 36.4 Å². The molecule has 0 heterocycles. The first-order valence-electron chi connectivity index (χ1n) is 29.9. The van der Waals surface area contributed by atoms with Crippen molar-refractivity contribution in [2.24, 2.45) is 0 Å². The van der Waals surface area contributed by atoms with Crippen LogP contribution in [0.5, 0.6) is 23.0 Å². The molecule has 0 bridgehead atoms. The highest BCUT2D eigenvalue weighted by Gasteiger charge is 2.14. The van der Waals surface area contributed by atoms with Gasteiger partial charge in [0.1, 0.15) is 9.98 Å². The summed E-state index contributed by atoms with van der Waals surface area (Å²) in [6, 6.07) is 12.1. The Balaban J connectivity index is 1.98. The van der Waals surface area contributed by atoms with Gasteiger partial charge in [-0.2, -0.15) is 0 Å². The summed E-state index contributed by atoms with van der Waals surface area (Å²) in [5.74, 6) is 3.10. The monoisotopic (exact) mass is 1010 g/mol. The highest BCUT2D eigenvalue weighted by atomic mass is 32.1. The topological polar surface area (TPSA) is 61.0 Å². The summed E-state index contributed by atoms with van der Waals surface area (Å²) < 4.78 is 25.6. The maximum absolute atomic E-state index is 6.43. The van der Waals surface area contributed by atoms with E-state index in [9.17, 15) is 0 Å². The summed E-state index contributed by atoms with van der Waals surface area (Å²) in [7, 11) is 0. The summed E-state index contributed by atoms with van der Waals surface area (Å²) in [5, 5.41) is 6.77. The van der Waals surface area contributed by atoms with Crippen LogP contribution in [0.4, 0.5) is 11.4 Å². The lowest BCUT2D eigenvalue weighted by Crippen LogP contribution is -2.25. The van der Waals surface area contributed by atoms with E-state index in [2.05, 4.69) is 38.3 Å². The van der Waals surface area contributed by atoms with E-state index >= 15 is 0 Å². The second kappa shape index (κ2) is 47.4. The molecule has 6 nitrogen and oxygen atoms in total. The lowest BCUT2D eigenvalue weighted by molar-refractivity contribution is 0.258. The number of benzene rings is 2. The predicted octanol–water partition coefficient (Wildman–Crippen LogP) is 21.1. The third-order valence-electron chi connectivity index (χ3n) is 13.6. The average molecular weight is 1010 g/mol. The molecule has 402 valence electrons. The van der Waals surface area contributed by atoms with Gasteiger partial charge in [-0.25, -0.2) is 0 Å². The van der Waals surface area contributed by atoms with Crippen LogP contribution in [0.25, 0.3) is 0 Å². The first-order chi connectivity index (χ1) is 34.5. The van der Waals surface area contributed by atoms with Crippen LogP contribution in [0.15, 0.2) is 36.4 Å². The summed E-state index contributed by atoms with van der Waals surface area (Å²) in [5.41, 5.74) is 1.66. The van der Waals surface area contributed by atoms with Crippen LogP contribution in [0.1, 0.15) is 285 Å². The van der Waals surface area contributed by atoms with Gasteiger partial charge in [-0.05, 0) is 49.9 Å². The Morgan fingerprint density at radius 3 is 0.714 bits per heavy atom. The van der Waals surface area contributed by atoms with E-state index in [0.717, 1.165) is 60.1 Å². The van der Waals surface area contributed by atoms with Gasteiger partial charge in [-0.15, -0.1) is 0 Å². The van der Waals surface area contributed by atoms with Gasteiger partial charge in [0.2, 0.25) is 0 Å². The Hall–Kier alpha value is -2.58. The van der Waals surface area contributed by atoms with Gasteiger partial charge in [0.25, 0.3) is 0 Å². The molecule has 0 aliphatic rings. The smallest absolute Gasteiger partial charge is 0.163 e. The van der Waals surface area contributed by atoms with Crippen molar-refractivity contribution in [1.29, 1.82) is 0 Å². The fraction of sp³-hybridized carbons (Fsp3) is 0.774. The molecule has 0 fully saturated rings. The highest BCUT2D eigenvalue weighted by molar-refractivity contribution is 7.89. The molecule has 0 saturated heterocycles. The molecule has 2 N–H and O–H groups in total. The minimum Gasteiger partial charge on any atom is -0.490 e. The Bertz CT molecular complexity index is 1410. The van der Waals surface area contributed by atoms with E-state index in [1.54, 1.807) is 0 Å². The molecule has 2 rings (SSSR count).